The summed E-state index contributed by atoms with van der Waals surface area (Å²) in [6.07, 6.45) is 0. The fourth-order valence-electron chi connectivity index (χ4n) is 1.66. The van der Waals surface area contributed by atoms with Crippen molar-refractivity contribution in [2.75, 3.05) is 13.2 Å². The molecule has 0 bridgehead atoms. The Hall–Kier alpha value is -0.810. The van der Waals surface area contributed by atoms with Crippen molar-refractivity contribution in [3.63, 3.8) is 0 Å². The Morgan fingerprint density at radius 1 is 1.28 bits per heavy atom. The minimum absolute atomic E-state index is 0.173. The van der Waals surface area contributed by atoms with Crippen molar-refractivity contribution >= 4 is 27.5 Å². The first-order valence-corrected chi connectivity index (χ1v) is 6.84. The van der Waals surface area contributed by atoms with E-state index in [4.69, 9.17) is 21.1 Å². The summed E-state index contributed by atoms with van der Waals surface area (Å²) in [7, 11) is 0. The van der Waals surface area contributed by atoms with Crippen LogP contribution in [0.15, 0.2) is 39.2 Å². The summed E-state index contributed by atoms with van der Waals surface area (Å²) in [6, 6.07) is 9.55. The summed E-state index contributed by atoms with van der Waals surface area (Å²) in [5.41, 5.74) is 0.883. The second-order valence-corrected chi connectivity index (χ2v) is 5.22. The lowest BCUT2D eigenvalue weighted by atomic mass is 10.2. The molecule has 1 heterocycles. The van der Waals surface area contributed by atoms with E-state index in [0.717, 1.165) is 21.6 Å². The predicted molar refractivity (Wildman–Crippen MR) is 74.4 cm³/mol. The van der Waals surface area contributed by atoms with E-state index in [9.17, 15) is 0 Å². The largest absolute Gasteiger partial charge is 0.455 e. The molecule has 5 heteroatoms. The van der Waals surface area contributed by atoms with Gasteiger partial charge in [-0.05, 0) is 30.3 Å². The number of halogens is 2. The maximum Gasteiger partial charge on any atom is 0.158 e. The van der Waals surface area contributed by atoms with Crippen molar-refractivity contribution < 1.29 is 14.8 Å². The van der Waals surface area contributed by atoms with E-state index in [0.29, 0.717) is 18.1 Å². The highest BCUT2D eigenvalue weighted by molar-refractivity contribution is 9.10. The highest BCUT2D eigenvalue weighted by atomic mass is 79.9. The van der Waals surface area contributed by atoms with Crippen molar-refractivity contribution in [1.82, 2.24) is 0 Å². The lowest BCUT2D eigenvalue weighted by molar-refractivity contribution is -0.673. The molecule has 0 unspecified atom stereocenters. The summed E-state index contributed by atoms with van der Waals surface area (Å²) < 4.78 is 6.67. The van der Waals surface area contributed by atoms with Crippen LogP contribution in [0.4, 0.5) is 0 Å². The molecule has 3 nitrogen and oxygen atoms in total. The molecule has 1 aromatic carbocycles. The molecular weight excluding hydrogens is 318 g/mol. The standard InChI is InChI=1S/C13H13BrClNO2/c14-9-1-3-11(12(15)7-9)13-4-2-10(18-13)8-16-5-6-17/h1-4,7,16-17H,5-6,8H2/p+1. The Morgan fingerprint density at radius 2 is 2.11 bits per heavy atom. The number of aliphatic hydroxyl groups excluding tert-OH is 1. The first kappa shape index (κ1) is 13.6. The van der Waals surface area contributed by atoms with Crippen LogP contribution in [0.5, 0.6) is 0 Å². The quantitative estimate of drug-likeness (QED) is 0.827. The third-order valence-electron chi connectivity index (χ3n) is 2.54. The molecule has 0 aliphatic carbocycles. The molecule has 0 aliphatic rings. The van der Waals surface area contributed by atoms with Gasteiger partial charge >= 0.3 is 0 Å². The number of hydrogen-bond donors (Lipinski definition) is 2. The van der Waals surface area contributed by atoms with Gasteiger partial charge in [-0.15, -0.1) is 0 Å². The average Bonchev–Trinajstić information content (AvgIpc) is 2.78. The minimum Gasteiger partial charge on any atom is -0.455 e. The zero-order valence-electron chi connectivity index (χ0n) is 9.70. The molecule has 0 amide bonds. The first-order chi connectivity index (χ1) is 8.70. The zero-order valence-corrected chi connectivity index (χ0v) is 12.0. The van der Waals surface area contributed by atoms with Gasteiger partial charge in [0.1, 0.15) is 12.3 Å². The van der Waals surface area contributed by atoms with E-state index in [1.54, 1.807) is 0 Å². The van der Waals surface area contributed by atoms with Gasteiger partial charge < -0.3 is 14.8 Å². The third kappa shape index (κ3) is 3.36. The van der Waals surface area contributed by atoms with Crippen molar-refractivity contribution in [1.29, 1.82) is 0 Å². The molecule has 96 valence electrons. The normalized spacial score (nSPS) is 10.8. The molecule has 0 aliphatic heterocycles. The highest BCUT2D eigenvalue weighted by Gasteiger charge is 2.09. The van der Waals surface area contributed by atoms with Gasteiger partial charge in [0.05, 0.1) is 18.2 Å². The third-order valence-corrected chi connectivity index (χ3v) is 3.34. The van der Waals surface area contributed by atoms with Gasteiger partial charge in [-0.25, -0.2) is 0 Å². The Kier molecular flexibility index (Phi) is 4.83. The van der Waals surface area contributed by atoms with Crippen LogP contribution in [0.25, 0.3) is 11.3 Å². The number of aliphatic hydroxyl groups is 1. The Bertz CT molecular complexity index is 527. The van der Waals surface area contributed by atoms with Crippen LogP contribution in [0.2, 0.25) is 5.02 Å². The molecular formula is C13H14BrClNO2+. The summed E-state index contributed by atoms with van der Waals surface area (Å²) >= 11 is 9.54. The van der Waals surface area contributed by atoms with Gasteiger partial charge in [0.15, 0.2) is 5.76 Å². The lowest BCUT2D eigenvalue weighted by Gasteiger charge is -2.01. The lowest BCUT2D eigenvalue weighted by Crippen LogP contribution is -2.83. The summed E-state index contributed by atoms with van der Waals surface area (Å²) in [5.74, 6) is 1.64. The van der Waals surface area contributed by atoms with Gasteiger partial charge in [0, 0.05) is 10.0 Å². The van der Waals surface area contributed by atoms with E-state index in [1.165, 1.54) is 0 Å². The number of nitrogens with two attached hydrogens (primary N) is 1. The van der Waals surface area contributed by atoms with Gasteiger partial charge in [-0.2, -0.15) is 0 Å². The van der Waals surface area contributed by atoms with E-state index >= 15 is 0 Å². The molecule has 0 spiro atoms. The van der Waals surface area contributed by atoms with E-state index < -0.39 is 0 Å². The number of hydrogen-bond acceptors (Lipinski definition) is 2. The number of furan rings is 1. The fourth-order valence-corrected chi connectivity index (χ4v) is 2.42. The second kappa shape index (κ2) is 6.38. The van der Waals surface area contributed by atoms with Crippen molar-refractivity contribution in [2.45, 2.75) is 6.54 Å². The molecule has 0 radical (unpaired) electrons. The van der Waals surface area contributed by atoms with Gasteiger partial charge in [-0.3, -0.25) is 0 Å². The van der Waals surface area contributed by atoms with Crippen molar-refractivity contribution in [3.8, 4) is 11.3 Å². The Labute approximate surface area is 119 Å². The molecule has 0 fully saturated rings. The first-order valence-electron chi connectivity index (χ1n) is 5.67. The van der Waals surface area contributed by atoms with Crippen molar-refractivity contribution in [2.24, 2.45) is 0 Å². The minimum atomic E-state index is 0.173. The second-order valence-electron chi connectivity index (χ2n) is 3.90. The molecule has 0 saturated heterocycles. The zero-order chi connectivity index (χ0) is 13.0. The maximum atomic E-state index is 8.71. The van der Waals surface area contributed by atoms with Crippen LogP contribution in [0.3, 0.4) is 0 Å². The van der Waals surface area contributed by atoms with Crippen LogP contribution in [0.1, 0.15) is 5.76 Å². The van der Waals surface area contributed by atoms with Gasteiger partial charge in [0.2, 0.25) is 0 Å². The smallest absolute Gasteiger partial charge is 0.158 e. The molecule has 2 rings (SSSR count). The van der Waals surface area contributed by atoms with Crippen LogP contribution in [-0.4, -0.2) is 18.3 Å². The molecule has 2 aromatic rings. The average molecular weight is 332 g/mol. The molecule has 18 heavy (non-hydrogen) atoms. The molecule has 3 N–H and O–H groups in total. The molecule has 1 aromatic heterocycles. The van der Waals surface area contributed by atoms with E-state index in [-0.39, 0.29) is 6.61 Å². The van der Waals surface area contributed by atoms with Crippen LogP contribution < -0.4 is 5.32 Å². The summed E-state index contributed by atoms with van der Waals surface area (Å²) in [5, 5.41) is 11.4. The van der Waals surface area contributed by atoms with Gasteiger partial charge in [-0.1, -0.05) is 27.5 Å². The van der Waals surface area contributed by atoms with Crippen molar-refractivity contribution in [3.05, 3.63) is 45.6 Å². The topological polar surface area (TPSA) is 50.0 Å². The Balaban J connectivity index is 2.13. The van der Waals surface area contributed by atoms with Gasteiger partial charge in [0.25, 0.3) is 0 Å². The number of benzene rings is 1. The molecule has 0 saturated carbocycles. The molecule has 0 atom stereocenters. The highest BCUT2D eigenvalue weighted by Crippen LogP contribution is 2.31. The predicted octanol–water partition coefficient (Wildman–Crippen LogP) is 2.42. The van der Waals surface area contributed by atoms with E-state index in [2.05, 4.69) is 15.9 Å². The number of rotatable bonds is 5. The van der Waals surface area contributed by atoms with Crippen LogP contribution in [-0.2, 0) is 6.54 Å². The SMILES string of the molecule is OCC[NH2+]Cc1ccc(-c2ccc(Br)cc2Cl)o1. The monoisotopic (exact) mass is 330 g/mol. The van der Waals surface area contributed by atoms with E-state index in [1.807, 2.05) is 35.6 Å². The number of quaternary nitrogens is 1. The fraction of sp³-hybridized carbons (Fsp3) is 0.231. The summed E-state index contributed by atoms with van der Waals surface area (Å²) in [6.45, 7) is 1.57. The van der Waals surface area contributed by atoms with Crippen LogP contribution >= 0.6 is 27.5 Å². The summed E-state index contributed by atoms with van der Waals surface area (Å²) in [4.78, 5) is 0. The van der Waals surface area contributed by atoms with Crippen LogP contribution in [0, 0.1) is 0 Å². The Morgan fingerprint density at radius 3 is 2.83 bits per heavy atom. The maximum absolute atomic E-state index is 8.71.